The maximum Gasteiger partial charge on any atom is 0.306 e. The Bertz CT molecular complexity index is 288. The second-order valence-electron chi connectivity index (χ2n) is 4.72. The smallest absolute Gasteiger partial charge is 0.306 e. The van der Waals surface area contributed by atoms with E-state index in [9.17, 15) is 4.79 Å². The predicted molar refractivity (Wildman–Crippen MR) is 77.9 cm³/mol. The molecule has 0 aromatic rings. The Morgan fingerprint density at radius 1 is 1.16 bits per heavy atom. The molecule has 0 aliphatic rings. The number of rotatable bonds is 11. The van der Waals surface area contributed by atoms with E-state index in [2.05, 4.69) is 12.7 Å². The van der Waals surface area contributed by atoms with E-state index >= 15 is 0 Å². The van der Waals surface area contributed by atoms with E-state index in [1.165, 1.54) is 25.7 Å². The van der Waals surface area contributed by atoms with Crippen molar-refractivity contribution in [2.24, 2.45) is 0 Å². The highest BCUT2D eigenvalue weighted by atomic mass is 16.5. The van der Waals surface area contributed by atoms with Gasteiger partial charge in [-0.3, -0.25) is 4.79 Å². The molecule has 0 spiro atoms. The van der Waals surface area contributed by atoms with Crippen molar-refractivity contribution in [3.05, 3.63) is 17.4 Å². The van der Waals surface area contributed by atoms with Gasteiger partial charge < -0.3 is 9.84 Å². The van der Waals surface area contributed by atoms with E-state index in [0.29, 0.717) is 12.0 Å². The lowest BCUT2D eigenvalue weighted by atomic mass is 10.1. The van der Waals surface area contributed by atoms with Crippen LogP contribution >= 0.6 is 0 Å². The molecule has 0 saturated heterocycles. The second-order valence-corrected chi connectivity index (χ2v) is 4.72. The SMILES string of the molecule is CCCCCCCC=C=C(CO)COC(=O)CCC. The number of hydrogen-bond acceptors (Lipinski definition) is 3. The molecule has 3 heteroatoms. The first-order valence-corrected chi connectivity index (χ1v) is 7.43. The molecular weight excluding hydrogens is 240 g/mol. The predicted octanol–water partition coefficient (Wildman–Crippen LogP) is 3.76. The summed E-state index contributed by atoms with van der Waals surface area (Å²) in [5, 5.41) is 9.13. The Morgan fingerprint density at radius 3 is 2.53 bits per heavy atom. The minimum absolute atomic E-state index is 0.105. The van der Waals surface area contributed by atoms with Gasteiger partial charge in [-0.2, -0.15) is 0 Å². The van der Waals surface area contributed by atoms with E-state index in [1.807, 2.05) is 13.0 Å². The highest BCUT2D eigenvalue weighted by molar-refractivity contribution is 5.69. The van der Waals surface area contributed by atoms with Crippen LogP contribution < -0.4 is 0 Å². The zero-order chi connectivity index (χ0) is 14.3. The molecule has 0 amide bonds. The Kier molecular flexibility index (Phi) is 12.6. The molecule has 1 N–H and O–H groups in total. The van der Waals surface area contributed by atoms with Gasteiger partial charge in [0.1, 0.15) is 6.61 Å². The Balaban J connectivity index is 3.86. The van der Waals surface area contributed by atoms with E-state index in [-0.39, 0.29) is 19.2 Å². The van der Waals surface area contributed by atoms with Crippen molar-refractivity contribution in [1.82, 2.24) is 0 Å². The van der Waals surface area contributed by atoms with Crippen LogP contribution in [0.4, 0.5) is 0 Å². The van der Waals surface area contributed by atoms with E-state index in [0.717, 1.165) is 19.3 Å². The lowest BCUT2D eigenvalue weighted by molar-refractivity contribution is -0.142. The van der Waals surface area contributed by atoms with E-state index < -0.39 is 0 Å². The van der Waals surface area contributed by atoms with Gasteiger partial charge in [0.2, 0.25) is 0 Å². The number of esters is 1. The maximum atomic E-state index is 11.2. The first-order valence-electron chi connectivity index (χ1n) is 7.43. The van der Waals surface area contributed by atoms with Crippen LogP contribution in [0.1, 0.15) is 65.2 Å². The molecule has 0 atom stereocenters. The lowest BCUT2D eigenvalue weighted by Gasteiger charge is -2.03. The zero-order valence-corrected chi connectivity index (χ0v) is 12.4. The average molecular weight is 268 g/mol. The summed E-state index contributed by atoms with van der Waals surface area (Å²) in [7, 11) is 0. The number of unbranched alkanes of at least 4 members (excludes halogenated alkanes) is 5. The van der Waals surface area contributed by atoms with Crippen LogP contribution in [0.2, 0.25) is 0 Å². The zero-order valence-electron chi connectivity index (χ0n) is 12.4. The van der Waals surface area contributed by atoms with Crippen LogP contribution in [0.15, 0.2) is 17.4 Å². The number of hydrogen-bond donors (Lipinski definition) is 1. The lowest BCUT2D eigenvalue weighted by Crippen LogP contribution is -2.08. The van der Waals surface area contributed by atoms with Gasteiger partial charge in [0.05, 0.1) is 6.61 Å². The Labute approximate surface area is 117 Å². The van der Waals surface area contributed by atoms with Crippen molar-refractivity contribution < 1.29 is 14.6 Å². The summed E-state index contributed by atoms with van der Waals surface area (Å²) in [4.78, 5) is 11.2. The highest BCUT2D eigenvalue weighted by Gasteiger charge is 2.02. The number of carbonyl (C=O) groups is 1. The molecule has 0 heterocycles. The third-order valence-electron chi connectivity index (χ3n) is 2.81. The van der Waals surface area contributed by atoms with Gasteiger partial charge in [0, 0.05) is 12.0 Å². The van der Waals surface area contributed by atoms with E-state index in [4.69, 9.17) is 9.84 Å². The van der Waals surface area contributed by atoms with E-state index in [1.54, 1.807) is 0 Å². The maximum absolute atomic E-state index is 11.2. The summed E-state index contributed by atoms with van der Waals surface area (Å²) in [6, 6.07) is 0. The molecule has 0 unspecified atom stereocenters. The van der Waals surface area contributed by atoms with Crippen molar-refractivity contribution in [3.8, 4) is 0 Å². The molecule has 0 fully saturated rings. The van der Waals surface area contributed by atoms with Crippen molar-refractivity contribution in [3.63, 3.8) is 0 Å². The monoisotopic (exact) mass is 268 g/mol. The fourth-order valence-corrected chi connectivity index (χ4v) is 1.64. The largest absolute Gasteiger partial charge is 0.460 e. The Morgan fingerprint density at radius 2 is 1.89 bits per heavy atom. The van der Waals surface area contributed by atoms with Gasteiger partial charge in [-0.15, -0.1) is 5.73 Å². The summed E-state index contributed by atoms with van der Waals surface area (Å²) in [5.41, 5.74) is 3.66. The van der Waals surface area contributed by atoms with Gasteiger partial charge in [-0.05, 0) is 25.3 Å². The van der Waals surface area contributed by atoms with Crippen LogP contribution in [0.5, 0.6) is 0 Å². The minimum atomic E-state index is -0.213. The van der Waals surface area contributed by atoms with Gasteiger partial charge in [-0.1, -0.05) is 39.5 Å². The summed E-state index contributed by atoms with van der Waals surface area (Å²) in [5.74, 6) is -0.213. The van der Waals surface area contributed by atoms with Crippen LogP contribution in [-0.4, -0.2) is 24.3 Å². The fourth-order valence-electron chi connectivity index (χ4n) is 1.64. The molecule has 0 radical (unpaired) electrons. The molecule has 0 rings (SSSR count). The van der Waals surface area contributed by atoms with Crippen molar-refractivity contribution >= 4 is 5.97 Å². The number of aliphatic hydroxyl groups excluding tert-OH is 1. The molecule has 19 heavy (non-hydrogen) atoms. The van der Waals surface area contributed by atoms with Gasteiger partial charge >= 0.3 is 5.97 Å². The molecule has 0 aromatic heterocycles. The quantitative estimate of drug-likeness (QED) is 0.352. The van der Waals surface area contributed by atoms with Crippen LogP contribution in [0, 0.1) is 0 Å². The first-order chi connectivity index (χ1) is 9.24. The first kappa shape index (κ1) is 17.9. The molecule has 0 aliphatic heterocycles. The molecular formula is C16H28O3. The van der Waals surface area contributed by atoms with Gasteiger partial charge in [0.15, 0.2) is 0 Å². The molecule has 0 bridgehead atoms. The van der Waals surface area contributed by atoms with Crippen molar-refractivity contribution in [2.45, 2.75) is 65.2 Å². The summed E-state index contributed by atoms with van der Waals surface area (Å²) in [6.45, 7) is 4.19. The summed E-state index contributed by atoms with van der Waals surface area (Å²) in [6.07, 6.45) is 10.4. The number of aliphatic hydroxyl groups is 1. The van der Waals surface area contributed by atoms with Crippen LogP contribution in [-0.2, 0) is 9.53 Å². The molecule has 110 valence electrons. The second kappa shape index (κ2) is 13.4. The molecule has 0 saturated carbocycles. The average Bonchev–Trinajstić information content (AvgIpc) is 2.41. The third kappa shape index (κ3) is 11.8. The Hall–Kier alpha value is -1.05. The molecule has 3 nitrogen and oxygen atoms in total. The minimum Gasteiger partial charge on any atom is -0.460 e. The standard InChI is InChI=1S/C16H28O3/c1-3-5-6-7-8-9-10-12-15(13-17)14-19-16(18)11-4-2/h10,17H,3-9,11,13-14H2,1-2H3. The highest BCUT2D eigenvalue weighted by Crippen LogP contribution is 2.05. The topological polar surface area (TPSA) is 46.5 Å². The van der Waals surface area contributed by atoms with Crippen molar-refractivity contribution in [2.75, 3.05) is 13.2 Å². The number of ether oxygens (including phenoxy) is 1. The third-order valence-corrected chi connectivity index (χ3v) is 2.81. The van der Waals surface area contributed by atoms with Crippen molar-refractivity contribution in [1.29, 1.82) is 0 Å². The molecule has 0 aromatic carbocycles. The van der Waals surface area contributed by atoms with Gasteiger partial charge in [0.25, 0.3) is 0 Å². The van der Waals surface area contributed by atoms with Crippen LogP contribution in [0.25, 0.3) is 0 Å². The normalized spacial score (nSPS) is 9.84. The summed E-state index contributed by atoms with van der Waals surface area (Å²) < 4.78 is 5.03. The fraction of sp³-hybridized carbons (Fsp3) is 0.750. The molecule has 0 aliphatic carbocycles. The summed E-state index contributed by atoms with van der Waals surface area (Å²) >= 11 is 0. The van der Waals surface area contributed by atoms with Gasteiger partial charge in [-0.25, -0.2) is 0 Å². The number of carbonyl (C=O) groups excluding carboxylic acids is 1. The van der Waals surface area contributed by atoms with Crippen LogP contribution in [0.3, 0.4) is 0 Å².